The number of piperidine rings is 1. The van der Waals surface area contributed by atoms with E-state index < -0.39 is 5.97 Å². The van der Waals surface area contributed by atoms with Crippen LogP contribution in [0.5, 0.6) is 0 Å². The number of likely N-dealkylation sites (tertiary alicyclic amines) is 1. The Morgan fingerprint density at radius 1 is 1.09 bits per heavy atom. The Labute approximate surface area is 137 Å². The number of hydrogen-bond acceptors (Lipinski definition) is 2. The number of unbranched alkanes of at least 4 members (excludes halogenated alkanes) is 3. The van der Waals surface area contributed by atoms with E-state index in [1.807, 2.05) is 0 Å². The Kier molecular flexibility index (Phi) is 10.6. The number of carboxylic acids is 1. The van der Waals surface area contributed by atoms with Crippen molar-refractivity contribution in [3.8, 4) is 0 Å². The van der Waals surface area contributed by atoms with Gasteiger partial charge in [0.1, 0.15) is 0 Å². The average molecular weight is 312 g/mol. The Hall–Kier alpha value is -0.570. The van der Waals surface area contributed by atoms with Crippen LogP contribution in [0.3, 0.4) is 0 Å². The highest BCUT2D eigenvalue weighted by atomic mass is 16.4. The van der Waals surface area contributed by atoms with Crippen molar-refractivity contribution < 1.29 is 9.90 Å². The molecule has 1 rings (SSSR count). The van der Waals surface area contributed by atoms with Gasteiger partial charge in [0.25, 0.3) is 0 Å². The average Bonchev–Trinajstić information content (AvgIpc) is 2.51. The lowest BCUT2D eigenvalue weighted by Crippen LogP contribution is -2.39. The van der Waals surface area contributed by atoms with Crippen LogP contribution in [0.25, 0.3) is 0 Å². The molecule has 0 bridgehead atoms. The van der Waals surface area contributed by atoms with Gasteiger partial charge in [0.05, 0.1) is 5.92 Å². The summed E-state index contributed by atoms with van der Waals surface area (Å²) >= 11 is 0. The van der Waals surface area contributed by atoms with Crippen molar-refractivity contribution >= 4 is 5.97 Å². The molecule has 0 radical (unpaired) electrons. The monoisotopic (exact) mass is 311 g/mol. The van der Waals surface area contributed by atoms with Crippen LogP contribution in [0.15, 0.2) is 0 Å². The molecule has 1 N–H and O–H groups in total. The first-order chi connectivity index (χ1) is 10.7. The van der Waals surface area contributed by atoms with Crippen LogP contribution in [0.1, 0.15) is 84.5 Å². The zero-order valence-corrected chi connectivity index (χ0v) is 14.9. The van der Waals surface area contributed by atoms with Crippen LogP contribution in [0.4, 0.5) is 0 Å². The van der Waals surface area contributed by atoms with Crippen molar-refractivity contribution in [1.29, 1.82) is 0 Å². The predicted octanol–water partition coefficient (Wildman–Crippen LogP) is 4.95. The van der Waals surface area contributed by atoms with E-state index in [4.69, 9.17) is 5.11 Å². The molecule has 0 saturated carbocycles. The largest absolute Gasteiger partial charge is 0.481 e. The van der Waals surface area contributed by atoms with Gasteiger partial charge in [-0.2, -0.15) is 0 Å². The topological polar surface area (TPSA) is 40.5 Å². The second kappa shape index (κ2) is 11.9. The summed E-state index contributed by atoms with van der Waals surface area (Å²) in [6, 6.07) is 0. The lowest BCUT2D eigenvalue weighted by molar-refractivity contribution is -0.143. The minimum atomic E-state index is -0.607. The molecule has 2 unspecified atom stereocenters. The van der Waals surface area contributed by atoms with Gasteiger partial charge in [-0.15, -0.1) is 0 Å². The molecule has 1 fully saturated rings. The van der Waals surface area contributed by atoms with Gasteiger partial charge in [0.2, 0.25) is 0 Å². The third kappa shape index (κ3) is 8.17. The molecule has 22 heavy (non-hydrogen) atoms. The molecule has 1 aliphatic heterocycles. The molecular weight excluding hydrogens is 274 g/mol. The fourth-order valence-corrected chi connectivity index (χ4v) is 3.76. The van der Waals surface area contributed by atoms with Crippen LogP contribution in [-0.4, -0.2) is 35.6 Å². The number of hydrogen-bond donors (Lipinski definition) is 1. The summed E-state index contributed by atoms with van der Waals surface area (Å²) in [6.07, 6.45) is 14.0. The van der Waals surface area contributed by atoms with E-state index in [1.165, 1.54) is 57.8 Å². The molecule has 0 aromatic rings. The highest BCUT2D eigenvalue weighted by Gasteiger charge is 2.24. The molecular formula is C19H37NO2. The summed E-state index contributed by atoms with van der Waals surface area (Å²) in [6.45, 7) is 7.52. The van der Waals surface area contributed by atoms with Gasteiger partial charge in [0, 0.05) is 6.54 Å². The van der Waals surface area contributed by atoms with Gasteiger partial charge in [-0.05, 0) is 44.7 Å². The van der Waals surface area contributed by atoms with Crippen molar-refractivity contribution in [2.24, 2.45) is 11.8 Å². The smallest absolute Gasteiger partial charge is 0.307 e. The summed E-state index contributed by atoms with van der Waals surface area (Å²) in [7, 11) is 0. The molecule has 0 spiro atoms. The maximum Gasteiger partial charge on any atom is 0.307 e. The number of nitrogens with zero attached hydrogens (tertiary/aromatic N) is 1. The van der Waals surface area contributed by atoms with E-state index in [-0.39, 0.29) is 5.92 Å². The fraction of sp³-hybridized carbons (Fsp3) is 0.947. The first-order valence-corrected chi connectivity index (χ1v) is 9.62. The van der Waals surface area contributed by atoms with Crippen LogP contribution in [0, 0.1) is 11.8 Å². The molecule has 3 nitrogen and oxygen atoms in total. The summed E-state index contributed by atoms with van der Waals surface area (Å²) in [4.78, 5) is 13.5. The summed E-state index contributed by atoms with van der Waals surface area (Å²) in [5.74, 6) is 0.153. The third-order valence-corrected chi connectivity index (χ3v) is 5.10. The van der Waals surface area contributed by atoms with Crippen LogP contribution in [0.2, 0.25) is 0 Å². The third-order valence-electron chi connectivity index (χ3n) is 5.10. The number of aliphatic carboxylic acids is 1. The van der Waals surface area contributed by atoms with Crippen LogP contribution in [-0.2, 0) is 4.79 Å². The maximum atomic E-state index is 11.1. The van der Waals surface area contributed by atoms with Crippen LogP contribution < -0.4 is 0 Å². The lowest BCUT2D eigenvalue weighted by atomic mass is 9.91. The first-order valence-electron chi connectivity index (χ1n) is 9.62. The molecule has 0 aromatic carbocycles. The summed E-state index contributed by atoms with van der Waals surface area (Å²) in [5.41, 5.74) is 0. The Bertz CT molecular complexity index is 293. The Balaban J connectivity index is 2.19. The molecule has 1 saturated heterocycles. The van der Waals surface area contributed by atoms with Crippen molar-refractivity contribution in [2.45, 2.75) is 84.5 Å². The second-order valence-corrected chi connectivity index (χ2v) is 7.12. The number of carboxylic acid groups (broad SMARTS) is 1. The van der Waals surface area contributed by atoms with Gasteiger partial charge < -0.3 is 10.0 Å². The normalized spacial score (nSPS) is 20.9. The highest BCUT2D eigenvalue weighted by Crippen LogP contribution is 2.22. The molecule has 0 aliphatic carbocycles. The zero-order chi connectivity index (χ0) is 16.2. The predicted molar refractivity (Wildman–Crippen MR) is 93.2 cm³/mol. The lowest BCUT2D eigenvalue weighted by Gasteiger charge is -2.31. The van der Waals surface area contributed by atoms with Crippen molar-refractivity contribution in [3.63, 3.8) is 0 Å². The Morgan fingerprint density at radius 3 is 2.55 bits per heavy atom. The SMILES string of the molecule is CCCCCCC(CCC)CCCN1CCCC(C(=O)O)C1. The van der Waals surface area contributed by atoms with E-state index in [0.29, 0.717) is 0 Å². The highest BCUT2D eigenvalue weighted by molar-refractivity contribution is 5.70. The van der Waals surface area contributed by atoms with E-state index >= 15 is 0 Å². The van der Waals surface area contributed by atoms with Crippen LogP contribution >= 0.6 is 0 Å². The molecule has 0 aromatic heterocycles. The van der Waals surface area contributed by atoms with Gasteiger partial charge in [-0.25, -0.2) is 0 Å². The van der Waals surface area contributed by atoms with Crippen molar-refractivity contribution in [3.05, 3.63) is 0 Å². The van der Waals surface area contributed by atoms with Gasteiger partial charge in [-0.3, -0.25) is 4.79 Å². The quantitative estimate of drug-likeness (QED) is 0.518. The standard InChI is InChI=1S/C19H37NO2/c1-3-5-6-7-11-17(10-4-2)12-8-14-20-15-9-13-18(16-20)19(21)22/h17-18H,3-16H2,1-2H3,(H,21,22). The van der Waals surface area contributed by atoms with E-state index in [1.54, 1.807) is 0 Å². The summed E-state index contributed by atoms with van der Waals surface area (Å²) < 4.78 is 0. The fourth-order valence-electron chi connectivity index (χ4n) is 3.76. The molecule has 1 heterocycles. The second-order valence-electron chi connectivity index (χ2n) is 7.12. The molecule has 2 atom stereocenters. The minimum absolute atomic E-state index is 0.130. The van der Waals surface area contributed by atoms with Crippen molar-refractivity contribution in [2.75, 3.05) is 19.6 Å². The molecule has 0 amide bonds. The van der Waals surface area contributed by atoms with E-state index in [9.17, 15) is 4.79 Å². The number of rotatable bonds is 12. The molecule has 3 heteroatoms. The van der Waals surface area contributed by atoms with E-state index in [2.05, 4.69) is 18.7 Å². The number of carbonyl (C=O) groups is 1. The van der Waals surface area contributed by atoms with Gasteiger partial charge >= 0.3 is 5.97 Å². The van der Waals surface area contributed by atoms with Gasteiger partial charge in [-0.1, -0.05) is 58.8 Å². The van der Waals surface area contributed by atoms with Crippen molar-refractivity contribution in [1.82, 2.24) is 4.90 Å². The Morgan fingerprint density at radius 2 is 1.86 bits per heavy atom. The van der Waals surface area contributed by atoms with Gasteiger partial charge in [0.15, 0.2) is 0 Å². The first kappa shape index (κ1) is 19.5. The molecule has 130 valence electrons. The summed E-state index contributed by atoms with van der Waals surface area (Å²) in [5, 5.41) is 9.15. The molecule has 1 aliphatic rings. The zero-order valence-electron chi connectivity index (χ0n) is 14.9. The van der Waals surface area contributed by atoms with E-state index in [0.717, 1.165) is 38.4 Å². The minimum Gasteiger partial charge on any atom is -0.481 e. The maximum absolute atomic E-state index is 11.1.